The molecule has 2 fully saturated rings. The molecule has 0 radical (unpaired) electrons. The Balaban J connectivity index is 2.00. The Labute approximate surface area is 227 Å². The predicted molar refractivity (Wildman–Crippen MR) is 134 cm³/mol. The van der Waals surface area contributed by atoms with Gasteiger partial charge in [-0.25, -0.2) is 4.79 Å². The topological polar surface area (TPSA) is 158 Å². The monoisotopic (exact) mass is 550 g/mol. The van der Waals surface area contributed by atoms with Gasteiger partial charge < -0.3 is 33.9 Å². The summed E-state index contributed by atoms with van der Waals surface area (Å²) in [7, 11) is 0. The fourth-order valence-corrected chi connectivity index (χ4v) is 6.66. The second-order valence-electron chi connectivity index (χ2n) is 11.6. The van der Waals surface area contributed by atoms with Crippen LogP contribution < -0.4 is 0 Å². The van der Waals surface area contributed by atoms with Crippen LogP contribution in [0.4, 0.5) is 0 Å². The molecule has 0 bridgehead atoms. The third-order valence-corrected chi connectivity index (χ3v) is 8.76. The fourth-order valence-electron chi connectivity index (χ4n) is 6.66. The molecule has 2 heterocycles. The molecule has 0 amide bonds. The Kier molecular flexibility index (Phi) is 7.27. The van der Waals surface area contributed by atoms with Gasteiger partial charge in [0.15, 0.2) is 17.3 Å². The predicted octanol–water partition coefficient (Wildman–Crippen LogP) is 1.67. The van der Waals surface area contributed by atoms with E-state index in [1.165, 1.54) is 33.8 Å². The van der Waals surface area contributed by atoms with E-state index in [9.17, 15) is 29.4 Å². The Morgan fingerprint density at radius 1 is 1.10 bits per heavy atom. The maximum atomic E-state index is 13.1. The highest BCUT2D eigenvalue weighted by Crippen LogP contribution is 2.65. The van der Waals surface area contributed by atoms with E-state index in [1.54, 1.807) is 26.0 Å². The number of carbonyl (C=O) groups excluding carboxylic acids is 4. The van der Waals surface area contributed by atoms with Gasteiger partial charge in [0, 0.05) is 38.0 Å². The Hall–Kier alpha value is -2.76. The number of hydrogen-bond acceptors (Lipinski definition) is 11. The molecule has 0 aromatic rings. The Morgan fingerprint density at radius 3 is 2.31 bits per heavy atom. The quantitative estimate of drug-likeness (QED) is 0.222. The molecule has 0 aromatic carbocycles. The van der Waals surface area contributed by atoms with Crippen LogP contribution in [0.3, 0.4) is 0 Å². The molecular formula is C28H38O11. The molecular weight excluding hydrogens is 512 g/mol. The van der Waals surface area contributed by atoms with Crippen molar-refractivity contribution in [1.82, 2.24) is 0 Å². The van der Waals surface area contributed by atoms with Crippen molar-refractivity contribution in [2.24, 2.45) is 11.3 Å². The van der Waals surface area contributed by atoms with E-state index in [1.807, 2.05) is 6.92 Å². The molecule has 0 saturated carbocycles. The number of carbonyl (C=O) groups is 4. The lowest BCUT2D eigenvalue weighted by Gasteiger charge is -2.54. The summed E-state index contributed by atoms with van der Waals surface area (Å²) in [5, 5.41) is 22.8. The molecule has 2 saturated heterocycles. The number of hydrogen-bond donors (Lipinski definition) is 2. The largest absolute Gasteiger partial charge is 0.461 e. The first-order chi connectivity index (χ1) is 18.0. The van der Waals surface area contributed by atoms with Crippen molar-refractivity contribution in [3.63, 3.8) is 0 Å². The Bertz CT molecular complexity index is 1120. The van der Waals surface area contributed by atoms with Crippen LogP contribution in [0.2, 0.25) is 0 Å². The van der Waals surface area contributed by atoms with Gasteiger partial charge in [0.1, 0.15) is 24.4 Å². The van der Waals surface area contributed by atoms with Gasteiger partial charge >= 0.3 is 23.9 Å². The van der Waals surface area contributed by atoms with Crippen LogP contribution in [0, 0.1) is 11.3 Å². The summed E-state index contributed by atoms with van der Waals surface area (Å²) in [6.07, 6.45) is -0.393. The first kappa shape index (κ1) is 29.2. The van der Waals surface area contributed by atoms with E-state index in [0.29, 0.717) is 12.0 Å². The number of fused-ring (bicyclic) bond motifs is 1. The minimum absolute atomic E-state index is 0.0144. The lowest BCUT2D eigenvalue weighted by atomic mass is 9.55. The van der Waals surface area contributed by atoms with Gasteiger partial charge in [-0.1, -0.05) is 26.0 Å². The first-order valence-corrected chi connectivity index (χ1v) is 13.3. The number of ether oxygens (including phenoxy) is 5. The van der Waals surface area contributed by atoms with Crippen LogP contribution in [0.15, 0.2) is 23.8 Å². The van der Waals surface area contributed by atoms with Gasteiger partial charge in [0.05, 0.1) is 5.60 Å². The molecule has 2 aliphatic carbocycles. The molecule has 10 atom stereocenters. The minimum atomic E-state index is -1.95. The molecule has 0 unspecified atom stereocenters. The smallest absolute Gasteiger partial charge is 0.342 e. The van der Waals surface area contributed by atoms with E-state index in [4.69, 9.17) is 23.7 Å². The average Bonchev–Trinajstić information content (AvgIpc) is 3.40. The molecule has 2 aliphatic heterocycles. The number of epoxide rings is 1. The molecule has 4 aliphatic rings. The normalized spacial score (nSPS) is 45.9. The van der Waals surface area contributed by atoms with Crippen LogP contribution in [-0.2, 0) is 42.9 Å². The molecule has 1 spiro atoms. The van der Waals surface area contributed by atoms with Crippen molar-refractivity contribution < 1.29 is 53.1 Å². The number of rotatable bonds is 5. The zero-order valence-electron chi connectivity index (χ0n) is 23.4. The molecule has 11 nitrogen and oxygen atoms in total. The van der Waals surface area contributed by atoms with E-state index < -0.39 is 82.5 Å². The molecule has 4 rings (SSSR count). The van der Waals surface area contributed by atoms with Gasteiger partial charge in [-0.05, 0) is 38.8 Å². The summed E-state index contributed by atoms with van der Waals surface area (Å²) < 4.78 is 29.3. The van der Waals surface area contributed by atoms with E-state index >= 15 is 0 Å². The fraction of sp³-hybridized carbons (Fsp3) is 0.714. The lowest BCUT2D eigenvalue weighted by molar-refractivity contribution is -0.215. The summed E-state index contributed by atoms with van der Waals surface area (Å²) in [6.45, 7) is 10.6. The highest BCUT2D eigenvalue weighted by Gasteiger charge is 2.87. The summed E-state index contributed by atoms with van der Waals surface area (Å²) in [5.41, 5.74) is -5.84. The number of esters is 4. The van der Waals surface area contributed by atoms with Gasteiger partial charge in [-0.2, -0.15) is 0 Å². The summed E-state index contributed by atoms with van der Waals surface area (Å²) in [4.78, 5) is 50.5. The highest BCUT2D eigenvalue weighted by molar-refractivity contribution is 5.89. The SMILES string of the molecule is CCCC(=O)O[C@@H]1C[C@H](OC(C)=O)[C@@]2(C)C=C[C@@H](O)[C@](C)(O)[C@@H]2[C@H](OC(C)=O)[C@]23O[C@@]2(C)C(=O)O[C@H]3/C=C\1C. The van der Waals surface area contributed by atoms with Gasteiger partial charge in [0.2, 0.25) is 0 Å². The van der Waals surface area contributed by atoms with Crippen LogP contribution >= 0.6 is 0 Å². The molecule has 39 heavy (non-hydrogen) atoms. The average molecular weight is 551 g/mol. The van der Waals surface area contributed by atoms with E-state index in [0.717, 1.165) is 0 Å². The third-order valence-electron chi connectivity index (χ3n) is 8.76. The summed E-state index contributed by atoms with van der Waals surface area (Å²) in [6, 6.07) is 0. The molecule has 11 heteroatoms. The molecule has 216 valence electrons. The number of aliphatic hydroxyl groups is 2. The van der Waals surface area contributed by atoms with Crippen molar-refractivity contribution in [2.45, 2.75) is 115 Å². The van der Waals surface area contributed by atoms with E-state index in [-0.39, 0.29) is 12.8 Å². The van der Waals surface area contributed by atoms with Crippen molar-refractivity contribution in [3.05, 3.63) is 23.8 Å². The highest BCUT2D eigenvalue weighted by atomic mass is 16.7. The Morgan fingerprint density at radius 2 is 1.74 bits per heavy atom. The minimum Gasteiger partial charge on any atom is -0.461 e. The molecule has 2 N–H and O–H groups in total. The lowest BCUT2D eigenvalue weighted by Crippen LogP contribution is -2.67. The maximum absolute atomic E-state index is 13.1. The summed E-state index contributed by atoms with van der Waals surface area (Å²) in [5.74, 6) is -3.64. The van der Waals surface area contributed by atoms with Crippen LogP contribution in [-0.4, -0.2) is 81.4 Å². The second-order valence-corrected chi connectivity index (χ2v) is 11.6. The van der Waals surface area contributed by atoms with Crippen molar-refractivity contribution in [3.8, 4) is 0 Å². The number of aliphatic hydroxyl groups excluding tert-OH is 1. The van der Waals surface area contributed by atoms with Crippen molar-refractivity contribution in [1.29, 1.82) is 0 Å². The van der Waals surface area contributed by atoms with Gasteiger partial charge in [0.25, 0.3) is 0 Å². The van der Waals surface area contributed by atoms with Crippen LogP contribution in [0.5, 0.6) is 0 Å². The maximum Gasteiger partial charge on any atom is 0.342 e. The zero-order valence-corrected chi connectivity index (χ0v) is 23.4. The first-order valence-electron chi connectivity index (χ1n) is 13.3. The van der Waals surface area contributed by atoms with Crippen LogP contribution in [0.1, 0.15) is 67.7 Å². The third kappa shape index (κ3) is 4.48. The van der Waals surface area contributed by atoms with Crippen LogP contribution in [0.25, 0.3) is 0 Å². The van der Waals surface area contributed by atoms with Crippen molar-refractivity contribution in [2.75, 3.05) is 0 Å². The van der Waals surface area contributed by atoms with Gasteiger partial charge in [-0.15, -0.1) is 0 Å². The van der Waals surface area contributed by atoms with E-state index in [2.05, 4.69) is 0 Å². The standard InChI is InChI=1S/C28H38O11/c1-8-9-21(32)37-17-13-19(35-15(3)29)25(5)11-10-18(31)26(6,34)22(25)23(36-16(4)30)28-20(12-14(17)2)38-24(33)27(28,7)39-28/h10-12,17-20,22-23,31,34H,8-9,13H2,1-7H3/b14-12-/t17-,18-,19+,20+,22-,23+,25-,26+,27+,28+/m1/s1. The zero-order chi connectivity index (χ0) is 29.1. The van der Waals surface area contributed by atoms with Crippen molar-refractivity contribution >= 4 is 23.9 Å². The summed E-state index contributed by atoms with van der Waals surface area (Å²) >= 11 is 0. The second kappa shape index (κ2) is 9.71. The molecule has 0 aromatic heterocycles. The van der Waals surface area contributed by atoms with Gasteiger partial charge in [-0.3, -0.25) is 14.4 Å².